The molecule has 4 heteroatoms. The lowest BCUT2D eigenvalue weighted by molar-refractivity contribution is 0.916. The van der Waals surface area contributed by atoms with Crippen molar-refractivity contribution in [1.29, 1.82) is 0 Å². The van der Waals surface area contributed by atoms with Crippen molar-refractivity contribution in [2.75, 3.05) is 0 Å². The molecule has 0 amide bonds. The van der Waals surface area contributed by atoms with E-state index >= 15 is 0 Å². The summed E-state index contributed by atoms with van der Waals surface area (Å²) in [5.74, 6) is 0.825. The average Bonchev–Trinajstić information content (AvgIpc) is 2.83. The first kappa shape index (κ1) is 11.2. The van der Waals surface area contributed by atoms with Crippen LogP contribution in [-0.2, 0) is 6.42 Å². The lowest BCUT2D eigenvalue weighted by Crippen LogP contribution is -2.12. The predicted molar refractivity (Wildman–Crippen MR) is 74.2 cm³/mol. The molecule has 0 spiro atoms. The molecule has 0 bridgehead atoms. The fourth-order valence-corrected chi connectivity index (χ4v) is 3.02. The Bertz CT molecular complexity index is 743. The van der Waals surface area contributed by atoms with Gasteiger partial charge in [0.25, 0.3) is 5.56 Å². The lowest BCUT2D eigenvalue weighted by Gasteiger charge is -2.01. The molecule has 0 N–H and O–H groups in total. The second-order valence-electron chi connectivity index (χ2n) is 4.02. The number of nitrogens with zero attached hydrogens (tertiary/aromatic N) is 2. The molecule has 0 radical (unpaired) electrons. The highest BCUT2D eigenvalue weighted by Gasteiger charge is 2.08. The minimum atomic E-state index is -0.00282. The third-order valence-electron chi connectivity index (χ3n) is 2.87. The Morgan fingerprint density at radius 1 is 1.28 bits per heavy atom. The van der Waals surface area contributed by atoms with Crippen LogP contribution in [0.15, 0.2) is 47.4 Å². The monoisotopic (exact) mass is 256 g/mol. The van der Waals surface area contributed by atoms with Crippen LogP contribution in [0.3, 0.4) is 0 Å². The van der Waals surface area contributed by atoms with Crippen molar-refractivity contribution in [3.63, 3.8) is 0 Å². The molecule has 0 aliphatic carbocycles. The quantitative estimate of drug-likeness (QED) is 0.706. The van der Waals surface area contributed by atoms with E-state index in [1.807, 2.05) is 37.3 Å². The molecule has 3 rings (SSSR count). The highest BCUT2D eigenvalue weighted by atomic mass is 32.1. The number of hydrogen-bond donors (Lipinski definition) is 0. The molecule has 3 aromatic rings. The molecular weight excluding hydrogens is 244 g/mol. The van der Waals surface area contributed by atoms with Gasteiger partial charge in [0.2, 0.25) is 0 Å². The second kappa shape index (κ2) is 4.38. The minimum absolute atomic E-state index is 0.00282. The standard InChI is InChI=1S/C14H12N2OS/c1-2-12-15-9-14-16(12)13(17)8-11(18-14)10-6-4-3-5-7-10/h3-9H,2H2,1H3. The maximum atomic E-state index is 12.1. The van der Waals surface area contributed by atoms with Gasteiger partial charge < -0.3 is 0 Å². The number of aryl methyl sites for hydroxylation is 1. The molecule has 90 valence electrons. The van der Waals surface area contributed by atoms with Crippen molar-refractivity contribution in [2.45, 2.75) is 13.3 Å². The maximum absolute atomic E-state index is 12.1. The van der Waals surface area contributed by atoms with Gasteiger partial charge >= 0.3 is 0 Å². The third kappa shape index (κ3) is 1.75. The Morgan fingerprint density at radius 3 is 2.78 bits per heavy atom. The Morgan fingerprint density at radius 2 is 2.06 bits per heavy atom. The van der Waals surface area contributed by atoms with Crippen LogP contribution in [0.4, 0.5) is 0 Å². The van der Waals surface area contributed by atoms with E-state index in [1.54, 1.807) is 28.0 Å². The molecule has 0 aliphatic heterocycles. The summed E-state index contributed by atoms with van der Waals surface area (Å²) in [6.07, 6.45) is 2.54. The number of rotatable bonds is 2. The Kier molecular flexibility index (Phi) is 2.72. The first-order valence-electron chi connectivity index (χ1n) is 5.85. The first-order valence-corrected chi connectivity index (χ1v) is 6.67. The van der Waals surface area contributed by atoms with Crippen molar-refractivity contribution in [3.05, 3.63) is 58.8 Å². The number of aromatic nitrogens is 2. The molecule has 0 saturated carbocycles. The van der Waals surface area contributed by atoms with Gasteiger partial charge in [0.05, 0.1) is 6.20 Å². The van der Waals surface area contributed by atoms with E-state index in [0.717, 1.165) is 27.5 Å². The molecule has 18 heavy (non-hydrogen) atoms. The van der Waals surface area contributed by atoms with Gasteiger partial charge in [-0.3, -0.25) is 9.20 Å². The fourth-order valence-electron chi connectivity index (χ4n) is 1.99. The minimum Gasteiger partial charge on any atom is -0.269 e. The molecule has 0 saturated heterocycles. The van der Waals surface area contributed by atoms with Gasteiger partial charge in [-0.15, -0.1) is 11.3 Å². The summed E-state index contributed by atoms with van der Waals surface area (Å²) in [4.78, 5) is 18.3. The van der Waals surface area contributed by atoms with Crippen molar-refractivity contribution in [3.8, 4) is 10.4 Å². The number of fused-ring (bicyclic) bond motifs is 1. The van der Waals surface area contributed by atoms with Crippen molar-refractivity contribution < 1.29 is 0 Å². The van der Waals surface area contributed by atoms with E-state index in [9.17, 15) is 4.79 Å². The molecule has 3 nitrogen and oxygen atoms in total. The van der Waals surface area contributed by atoms with Gasteiger partial charge in [0.15, 0.2) is 0 Å². The highest BCUT2D eigenvalue weighted by Crippen LogP contribution is 2.25. The van der Waals surface area contributed by atoms with Crippen LogP contribution >= 0.6 is 11.3 Å². The van der Waals surface area contributed by atoms with E-state index in [1.165, 1.54) is 0 Å². The summed E-state index contributed by atoms with van der Waals surface area (Å²) < 4.78 is 1.69. The molecular formula is C14H12N2OS. The van der Waals surface area contributed by atoms with Crippen LogP contribution in [0.25, 0.3) is 15.3 Å². The smallest absolute Gasteiger partial charge is 0.258 e. The average molecular weight is 256 g/mol. The second-order valence-corrected chi connectivity index (χ2v) is 5.08. The van der Waals surface area contributed by atoms with E-state index in [2.05, 4.69) is 4.98 Å². The van der Waals surface area contributed by atoms with Gasteiger partial charge in [-0.1, -0.05) is 37.3 Å². The SMILES string of the molecule is CCc1ncc2sc(-c3ccccc3)cc(=O)n12. The summed E-state index contributed by atoms with van der Waals surface area (Å²) in [5.41, 5.74) is 1.07. The summed E-state index contributed by atoms with van der Waals surface area (Å²) >= 11 is 1.59. The Labute approximate surface area is 108 Å². The maximum Gasteiger partial charge on any atom is 0.258 e. The van der Waals surface area contributed by atoms with Crippen LogP contribution in [-0.4, -0.2) is 9.38 Å². The molecule has 0 fully saturated rings. The van der Waals surface area contributed by atoms with Crippen molar-refractivity contribution in [1.82, 2.24) is 9.38 Å². The molecule has 2 aromatic heterocycles. The van der Waals surface area contributed by atoms with E-state index in [0.29, 0.717) is 0 Å². The zero-order valence-electron chi connectivity index (χ0n) is 9.96. The van der Waals surface area contributed by atoms with Gasteiger partial charge in [-0.25, -0.2) is 4.98 Å². The van der Waals surface area contributed by atoms with Crippen LogP contribution in [0.1, 0.15) is 12.7 Å². The number of imidazole rings is 1. The Hall–Kier alpha value is -1.94. The topological polar surface area (TPSA) is 34.4 Å². The summed E-state index contributed by atoms with van der Waals surface area (Å²) in [6, 6.07) is 11.6. The number of hydrogen-bond acceptors (Lipinski definition) is 3. The molecule has 0 aliphatic rings. The number of benzene rings is 1. The highest BCUT2D eigenvalue weighted by molar-refractivity contribution is 7.20. The molecule has 0 unspecified atom stereocenters. The first-order chi connectivity index (χ1) is 8.79. The van der Waals surface area contributed by atoms with Crippen molar-refractivity contribution in [2.24, 2.45) is 0 Å². The van der Waals surface area contributed by atoms with Gasteiger partial charge in [-0.2, -0.15) is 0 Å². The molecule has 2 heterocycles. The normalized spacial score (nSPS) is 10.9. The zero-order chi connectivity index (χ0) is 12.5. The lowest BCUT2D eigenvalue weighted by atomic mass is 10.2. The van der Waals surface area contributed by atoms with Gasteiger partial charge in [0, 0.05) is 17.4 Å². The zero-order valence-corrected chi connectivity index (χ0v) is 10.8. The van der Waals surface area contributed by atoms with Gasteiger partial charge in [-0.05, 0) is 5.56 Å². The largest absolute Gasteiger partial charge is 0.269 e. The van der Waals surface area contributed by atoms with Gasteiger partial charge in [0.1, 0.15) is 10.7 Å². The van der Waals surface area contributed by atoms with Crippen LogP contribution < -0.4 is 5.56 Å². The Balaban J connectivity index is 2.26. The fraction of sp³-hybridized carbons (Fsp3) is 0.143. The summed E-state index contributed by atoms with van der Waals surface area (Å²) in [7, 11) is 0. The molecule has 1 aromatic carbocycles. The molecule has 0 atom stereocenters. The summed E-state index contributed by atoms with van der Waals surface area (Å²) in [5, 5.41) is 0. The van der Waals surface area contributed by atoms with E-state index in [4.69, 9.17) is 0 Å². The summed E-state index contributed by atoms with van der Waals surface area (Å²) in [6.45, 7) is 2.00. The van der Waals surface area contributed by atoms with E-state index < -0.39 is 0 Å². The van der Waals surface area contributed by atoms with Crippen LogP contribution in [0, 0.1) is 0 Å². The van der Waals surface area contributed by atoms with E-state index in [-0.39, 0.29) is 5.56 Å². The van der Waals surface area contributed by atoms with Crippen molar-refractivity contribution >= 4 is 16.2 Å². The van der Waals surface area contributed by atoms with Crippen LogP contribution in [0.2, 0.25) is 0 Å². The third-order valence-corrected chi connectivity index (χ3v) is 3.94. The van der Waals surface area contributed by atoms with Crippen LogP contribution in [0.5, 0.6) is 0 Å². The predicted octanol–water partition coefficient (Wildman–Crippen LogP) is 2.99.